The van der Waals surface area contributed by atoms with E-state index < -0.39 is 18.6 Å². The van der Waals surface area contributed by atoms with E-state index in [1.165, 1.54) is 25.7 Å². The van der Waals surface area contributed by atoms with Crippen LogP contribution in [0.1, 0.15) is 93.1 Å². The highest BCUT2D eigenvalue weighted by Gasteiger charge is 2.34. The molecule has 0 unspecified atom stereocenters. The molecule has 0 saturated carbocycles. The van der Waals surface area contributed by atoms with Gasteiger partial charge in [-0.05, 0) is 66.1 Å². The number of hydrogen-bond donors (Lipinski definition) is 4. The lowest BCUT2D eigenvalue weighted by Crippen LogP contribution is -2.55. The van der Waals surface area contributed by atoms with Crippen LogP contribution in [0.4, 0.5) is 0 Å². The van der Waals surface area contributed by atoms with E-state index >= 15 is 0 Å². The van der Waals surface area contributed by atoms with E-state index in [-0.39, 0.29) is 18.2 Å². The minimum atomic E-state index is -1.75. The number of aromatic nitrogens is 2. The topological polar surface area (TPSA) is 137 Å². The van der Waals surface area contributed by atoms with Gasteiger partial charge in [-0.15, -0.1) is 0 Å². The highest BCUT2D eigenvalue weighted by atomic mass is 16.5. The molecule has 5 rings (SSSR count). The molecule has 1 saturated heterocycles. The highest BCUT2D eigenvalue weighted by Crippen LogP contribution is 2.25. The minimum absolute atomic E-state index is 0.248. The lowest BCUT2D eigenvalue weighted by Gasteiger charge is -2.30. The number of unbranched alkanes of at least 4 members (excludes halogenated alkanes) is 4. The van der Waals surface area contributed by atoms with Gasteiger partial charge in [-0.25, -0.2) is 15.3 Å². The Bertz CT molecular complexity index is 1680. The molecule has 4 aromatic rings. The number of carbonyl (C=O) groups is 2. The molecule has 0 bridgehead atoms. The highest BCUT2D eigenvalue weighted by molar-refractivity contribution is 5.97. The number of ether oxygens (including phenoxy) is 1. The summed E-state index contributed by atoms with van der Waals surface area (Å²) in [7, 11) is 0. The number of amides is 2. The molecule has 1 aromatic heterocycles. The lowest BCUT2D eigenvalue weighted by atomic mass is 10.0. The Morgan fingerprint density at radius 3 is 2.18 bits per heavy atom. The molecule has 10 nitrogen and oxygen atoms in total. The van der Waals surface area contributed by atoms with Crippen molar-refractivity contribution in [2.75, 3.05) is 13.2 Å². The Balaban J connectivity index is 1.24. The molecular formula is C41H51N5O5. The number of nitrogens with zero attached hydrogens (tertiary/aromatic N) is 3. The molecule has 1 aliphatic rings. The van der Waals surface area contributed by atoms with E-state index in [4.69, 9.17) is 4.74 Å². The number of likely N-dealkylation sites (tertiary alicyclic amines) is 1. The maximum absolute atomic E-state index is 13.9. The first-order valence-electron chi connectivity index (χ1n) is 18.2. The summed E-state index contributed by atoms with van der Waals surface area (Å²) >= 11 is 0. The van der Waals surface area contributed by atoms with Crippen molar-refractivity contribution in [2.24, 2.45) is 0 Å². The standard InChI is InChI=1S/C41H51N5O5/c1-4-5-6-7-8-24-51-35-21-19-31(20-22-35)34-26-42-38(43-27-34)32-13-11-29(12-14-32)25-36(40(48)46-23-9-10-37(46)45-41(49)50)44-39(47)33-17-15-30(16-18-33)28(2)3/h11-22,26-28,36-37,41,45,49-50H,4-10,23-25H2,1-3H3,(H,44,47)/t36-,37-/m0/s1. The summed E-state index contributed by atoms with van der Waals surface area (Å²) in [6.45, 7) is 7.57. The average molecular weight is 694 g/mol. The molecule has 0 radical (unpaired) electrons. The van der Waals surface area contributed by atoms with E-state index in [1.807, 2.05) is 73.1 Å². The monoisotopic (exact) mass is 693 g/mol. The Morgan fingerprint density at radius 1 is 0.863 bits per heavy atom. The minimum Gasteiger partial charge on any atom is -0.494 e. The van der Waals surface area contributed by atoms with Gasteiger partial charge in [0.05, 0.1) is 12.8 Å². The summed E-state index contributed by atoms with van der Waals surface area (Å²) in [5, 5.41) is 24.6. The fourth-order valence-electron chi connectivity index (χ4n) is 6.33. The van der Waals surface area contributed by atoms with Crippen molar-refractivity contribution < 1.29 is 24.5 Å². The number of carbonyl (C=O) groups excluding carboxylic acids is 2. The van der Waals surface area contributed by atoms with Crippen molar-refractivity contribution in [1.29, 1.82) is 0 Å². The summed E-state index contributed by atoms with van der Waals surface area (Å²) < 4.78 is 5.90. The molecule has 3 aromatic carbocycles. The van der Waals surface area contributed by atoms with E-state index in [1.54, 1.807) is 17.0 Å². The van der Waals surface area contributed by atoms with Gasteiger partial charge in [0, 0.05) is 42.0 Å². The number of aliphatic hydroxyl groups excluding tert-OH is 1. The van der Waals surface area contributed by atoms with Gasteiger partial charge < -0.3 is 25.2 Å². The predicted octanol–water partition coefficient (Wildman–Crippen LogP) is 6.43. The molecule has 2 amide bonds. The quantitative estimate of drug-likeness (QED) is 0.0734. The molecular weight excluding hydrogens is 642 g/mol. The first kappa shape index (κ1) is 37.6. The summed E-state index contributed by atoms with van der Waals surface area (Å²) in [6, 6.07) is 22.2. The van der Waals surface area contributed by atoms with Crippen LogP contribution in [-0.2, 0) is 11.2 Å². The SMILES string of the molecule is CCCCCCCOc1ccc(-c2cnc(-c3ccc(C[C@H](NC(=O)c4ccc(C(C)C)cc4)C(=O)N4CCC[C@H]4NC(O)O)cc3)nc2)cc1. The first-order chi connectivity index (χ1) is 24.7. The zero-order valence-electron chi connectivity index (χ0n) is 29.9. The van der Waals surface area contributed by atoms with Gasteiger partial charge in [-0.2, -0.15) is 0 Å². The van der Waals surface area contributed by atoms with Crippen molar-refractivity contribution in [3.8, 4) is 28.3 Å². The third kappa shape index (κ3) is 10.7. The van der Waals surface area contributed by atoms with Crippen LogP contribution in [0.5, 0.6) is 5.75 Å². The normalized spacial score (nSPS) is 15.0. The molecule has 2 atom stereocenters. The molecule has 270 valence electrons. The van der Waals surface area contributed by atoms with Crippen LogP contribution in [0.15, 0.2) is 85.2 Å². The molecule has 0 spiro atoms. The van der Waals surface area contributed by atoms with Crippen LogP contribution in [0.2, 0.25) is 0 Å². The number of hydrogen-bond acceptors (Lipinski definition) is 8. The van der Waals surface area contributed by atoms with Crippen molar-refractivity contribution in [3.63, 3.8) is 0 Å². The molecule has 1 aliphatic heterocycles. The van der Waals surface area contributed by atoms with Crippen LogP contribution < -0.4 is 15.4 Å². The Kier molecular flexibility index (Phi) is 13.7. The van der Waals surface area contributed by atoms with E-state index in [9.17, 15) is 19.8 Å². The maximum atomic E-state index is 13.9. The van der Waals surface area contributed by atoms with E-state index in [2.05, 4.69) is 41.4 Å². The second kappa shape index (κ2) is 18.6. The summed E-state index contributed by atoms with van der Waals surface area (Å²) in [5.74, 6) is 1.13. The van der Waals surface area contributed by atoms with Crippen LogP contribution in [0, 0.1) is 0 Å². The van der Waals surface area contributed by atoms with Crippen LogP contribution in [0.3, 0.4) is 0 Å². The number of rotatable bonds is 17. The Hall–Kier alpha value is -4.64. The summed E-state index contributed by atoms with van der Waals surface area (Å²) in [4.78, 5) is 38.1. The molecule has 51 heavy (non-hydrogen) atoms. The zero-order valence-corrected chi connectivity index (χ0v) is 29.9. The van der Waals surface area contributed by atoms with Gasteiger partial charge in [0.15, 0.2) is 5.82 Å². The fourth-order valence-corrected chi connectivity index (χ4v) is 6.33. The van der Waals surface area contributed by atoms with E-state index in [0.717, 1.165) is 46.6 Å². The Labute approximate surface area is 301 Å². The summed E-state index contributed by atoms with van der Waals surface area (Å²) in [6.07, 6.45) is 8.88. The molecule has 1 fully saturated rings. The fraction of sp³-hybridized carbons (Fsp3) is 0.415. The van der Waals surface area contributed by atoms with E-state index in [0.29, 0.717) is 36.7 Å². The third-order valence-electron chi connectivity index (χ3n) is 9.33. The number of benzene rings is 3. The van der Waals surface area contributed by atoms with Gasteiger partial charge in [0.1, 0.15) is 11.8 Å². The second-order valence-corrected chi connectivity index (χ2v) is 13.5. The lowest BCUT2D eigenvalue weighted by molar-refractivity contribution is -0.138. The molecule has 2 heterocycles. The van der Waals surface area contributed by atoms with Gasteiger partial charge in [0.25, 0.3) is 5.91 Å². The Morgan fingerprint density at radius 2 is 1.53 bits per heavy atom. The van der Waals surface area contributed by atoms with Crippen LogP contribution in [0.25, 0.3) is 22.5 Å². The zero-order chi connectivity index (χ0) is 36.2. The first-order valence-corrected chi connectivity index (χ1v) is 18.2. The van der Waals surface area contributed by atoms with Crippen molar-refractivity contribution >= 4 is 11.8 Å². The smallest absolute Gasteiger partial charge is 0.251 e. The maximum Gasteiger partial charge on any atom is 0.251 e. The summed E-state index contributed by atoms with van der Waals surface area (Å²) in [5.41, 5.74) is 5.16. The van der Waals surface area contributed by atoms with Gasteiger partial charge in [0.2, 0.25) is 12.3 Å². The molecule has 10 heteroatoms. The van der Waals surface area contributed by atoms with Gasteiger partial charge in [-0.3, -0.25) is 9.59 Å². The van der Waals surface area contributed by atoms with Crippen molar-refractivity contribution in [2.45, 2.75) is 96.7 Å². The molecule has 0 aliphatic carbocycles. The van der Waals surface area contributed by atoms with Gasteiger partial charge in [-0.1, -0.05) is 95.0 Å². The third-order valence-corrected chi connectivity index (χ3v) is 9.33. The van der Waals surface area contributed by atoms with Crippen molar-refractivity contribution in [1.82, 2.24) is 25.5 Å². The van der Waals surface area contributed by atoms with Crippen molar-refractivity contribution in [3.05, 3.63) is 102 Å². The largest absolute Gasteiger partial charge is 0.494 e. The molecule has 4 N–H and O–H groups in total. The van der Waals surface area contributed by atoms with Crippen LogP contribution in [-0.4, -0.2) is 68.7 Å². The van der Waals surface area contributed by atoms with Crippen LogP contribution >= 0.6 is 0 Å². The number of aliphatic hydroxyl groups is 2. The average Bonchev–Trinajstić information content (AvgIpc) is 3.60. The number of nitrogens with one attached hydrogen (secondary N) is 2. The predicted molar refractivity (Wildman–Crippen MR) is 199 cm³/mol. The van der Waals surface area contributed by atoms with Gasteiger partial charge >= 0.3 is 0 Å². The second-order valence-electron chi connectivity index (χ2n) is 13.5.